The van der Waals surface area contributed by atoms with E-state index in [1.54, 1.807) is 0 Å². The molecule has 0 aliphatic rings. The van der Waals surface area contributed by atoms with Crippen LogP contribution >= 0.6 is 15.9 Å². The summed E-state index contributed by atoms with van der Waals surface area (Å²) < 4.78 is 13.9. The van der Waals surface area contributed by atoms with E-state index >= 15 is 0 Å². The van der Waals surface area contributed by atoms with Crippen molar-refractivity contribution in [3.63, 3.8) is 0 Å². The van der Waals surface area contributed by atoms with Crippen LogP contribution < -0.4 is 10.7 Å². The molecule has 0 radical (unpaired) electrons. The van der Waals surface area contributed by atoms with Gasteiger partial charge in [-0.25, -0.2) is 9.82 Å². The molecule has 0 unspecified atom stereocenters. The molecule has 5 nitrogen and oxygen atoms in total. The van der Waals surface area contributed by atoms with Crippen molar-refractivity contribution >= 4 is 34.0 Å². The van der Waals surface area contributed by atoms with E-state index in [4.69, 9.17) is 0 Å². The minimum absolute atomic E-state index is 0.149. The second-order valence-electron chi connectivity index (χ2n) is 4.54. The molecule has 2 amide bonds. The second kappa shape index (κ2) is 8.19. The molecule has 2 rings (SSSR count). The maximum Gasteiger partial charge on any atom is 0.259 e. The van der Waals surface area contributed by atoms with E-state index in [2.05, 4.69) is 31.8 Å². The summed E-state index contributed by atoms with van der Waals surface area (Å²) in [6, 6.07) is 12.6. The first-order valence-electron chi connectivity index (χ1n) is 6.66. The summed E-state index contributed by atoms with van der Waals surface area (Å²) in [6.07, 6.45) is 1.48. The standard InChI is InChI=1S/C16H13BrFN3O2/c17-13-5-1-3-11(7-13)9-20-21-15(22)10-19-16(23)12-4-2-6-14(18)8-12/h1-9H,10H2,(H,19,23)(H,21,22)/b20-9+. The highest BCUT2D eigenvalue weighted by molar-refractivity contribution is 9.10. The van der Waals surface area contributed by atoms with E-state index in [1.807, 2.05) is 24.3 Å². The number of hydrogen-bond acceptors (Lipinski definition) is 3. The van der Waals surface area contributed by atoms with Crippen LogP contribution in [0.3, 0.4) is 0 Å². The molecule has 0 saturated carbocycles. The van der Waals surface area contributed by atoms with E-state index in [0.717, 1.165) is 16.1 Å². The highest BCUT2D eigenvalue weighted by atomic mass is 79.9. The summed E-state index contributed by atoms with van der Waals surface area (Å²) in [5.41, 5.74) is 3.25. The zero-order valence-electron chi connectivity index (χ0n) is 11.9. The lowest BCUT2D eigenvalue weighted by atomic mass is 10.2. The van der Waals surface area contributed by atoms with Gasteiger partial charge in [-0.15, -0.1) is 0 Å². The monoisotopic (exact) mass is 377 g/mol. The minimum Gasteiger partial charge on any atom is -0.343 e. The Balaban J connectivity index is 1.80. The van der Waals surface area contributed by atoms with Crippen LogP contribution in [0, 0.1) is 5.82 Å². The van der Waals surface area contributed by atoms with Gasteiger partial charge in [0.15, 0.2) is 0 Å². The number of rotatable bonds is 5. The van der Waals surface area contributed by atoms with Crippen LogP contribution in [-0.2, 0) is 4.79 Å². The molecule has 2 N–H and O–H groups in total. The zero-order valence-corrected chi connectivity index (χ0v) is 13.5. The molecule has 0 aliphatic heterocycles. The molecular weight excluding hydrogens is 365 g/mol. The molecule has 0 heterocycles. The Morgan fingerprint density at radius 1 is 1.17 bits per heavy atom. The van der Waals surface area contributed by atoms with Crippen LogP contribution in [0.4, 0.5) is 4.39 Å². The van der Waals surface area contributed by atoms with Crippen LogP contribution in [0.5, 0.6) is 0 Å². The van der Waals surface area contributed by atoms with Gasteiger partial charge in [-0.3, -0.25) is 9.59 Å². The van der Waals surface area contributed by atoms with Gasteiger partial charge in [-0.05, 0) is 35.9 Å². The first kappa shape index (κ1) is 16.8. The summed E-state index contributed by atoms with van der Waals surface area (Å²) in [5, 5.41) is 6.18. The Bertz CT molecular complexity index is 750. The average Bonchev–Trinajstić information content (AvgIpc) is 2.52. The quantitative estimate of drug-likeness (QED) is 0.620. The highest BCUT2D eigenvalue weighted by Crippen LogP contribution is 2.09. The zero-order chi connectivity index (χ0) is 16.7. The van der Waals surface area contributed by atoms with Crippen molar-refractivity contribution in [2.45, 2.75) is 0 Å². The third-order valence-electron chi connectivity index (χ3n) is 2.75. The number of nitrogens with zero attached hydrogens (tertiary/aromatic N) is 1. The third-order valence-corrected chi connectivity index (χ3v) is 3.24. The Morgan fingerprint density at radius 3 is 2.70 bits per heavy atom. The first-order chi connectivity index (χ1) is 11.0. The Morgan fingerprint density at radius 2 is 1.96 bits per heavy atom. The Hall–Kier alpha value is -2.54. The van der Waals surface area contributed by atoms with Gasteiger partial charge in [0.05, 0.1) is 12.8 Å². The van der Waals surface area contributed by atoms with Gasteiger partial charge in [0, 0.05) is 10.0 Å². The number of carbonyl (C=O) groups is 2. The normalized spacial score (nSPS) is 10.5. The fourth-order valence-corrected chi connectivity index (χ4v) is 2.11. The molecule has 0 aliphatic carbocycles. The maximum atomic E-state index is 13.0. The van der Waals surface area contributed by atoms with E-state index in [0.29, 0.717) is 0 Å². The number of hydrogen-bond donors (Lipinski definition) is 2. The van der Waals surface area contributed by atoms with Gasteiger partial charge < -0.3 is 5.32 Å². The number of hydrazone groups is 1. The molecule has 7 heteroatoms. The fourth-order valence-electron chi connectivity index (χ4n) is 1.70. The number of halogens is 2. The van der Waals surface area contributed by atoms with Crippen molar-refractivity contribution in [3.8, 4) is 0 Å². The van der Waals surface area contributed by atoms with Gasteiger partial charge >= 0.3 is 0 Å². The predicted octanol–water partition coefficient (Wildman–Crippen LogP) is 2.47. The van der Waals surface area contributed by atoms with Gasteiger partial charge in [-0.2, -0.15) is 5.10 Å². The van der Waals surface area contributed by atoms with Crippen molar-refractivity contribution < 1.29 is 14.0 Å². The fraction of sp³-hybridized carbons (Fsp3) is 0.0625. The largest absolute Gasteiger partial charge is 0.343 e. The Labute approximate surface area is 140 Å². The van der Waals surface area contributed by atoms with Crippen molar-refractivity contribution in [2.24, 2.45) is 5.10 Å². The van der Waals surface area contributed by atoms with Crippen molar-refractivity contribution in [1.29, 1.82) is 0 Å². The van der Waals surface area contributed by atoms with E-state index in [-0.39, 0.29) is 12.1 Å². The summed E-state index contributed by atoms with van der Waals surface area (Å²) in [4.78, 5) is 23.3. The Kier molecular flexibility index (Phi) is 5.99. The van der Waals surface area contributed by atoms with Crippen LogP contribution in [0.15, 0.2) is 58.1 Å². The van der Waals surface area contributed by atoms with Crippen molar-refractivity contribution in [2.75, 3.05) is 6.54 Å². The number of amides is 2. The molecule has 2 aromatic rings. The number of carbonyl (C=O) groups excluding carboxylic acids is 2. The molecule has 0 aromatic heterocycles. The summed E-state index contributed by atoms with van der Waals surface area (Å²) in [7, 11) is 0. The maximum absolute atomic E-state index is 13.0. The lowest BCUT2D eigenvalue weighted by Gasteiger charge is -2.04. The van der Waals surface area contributed by atoms with Gasteiger partial charge in [0.2, 0.25) is 0 Å². The minimum atomic E-state index is -0.532. The topological polar surface area (TPSA) is 70.6 Å². The number of nitrogens with one attached hydrogen (secondary N) is 2. The van der Waals surface area contributed by atoms with E-state index in [9.17, 15) is 14.0 Å². The van der Waals surface area contributed by atoms with Crippen molar-refractivity contribution in [3.05, 3.63) is 69.9 Å². The molecule has 2 aromatic carbocycles. The SMILES string of the molecule is O=C(CNC(=O)c1cccc(F)c1)N/N=C/c1cccc(Br)c1. The average molecular weight is 378 g/mol. The molecular formula is C16H13BrFN3O2. The van der Waals surface area contributed by atoms with Crippen LogP contribution in [0.1, 0.15) is 15.9 Å². The molecule has 0 saturated heterocycles. The summed E-state index contributed by atoms with van der Waals surface area (Å²) in [6.45, 7) is -0.259. The van der Waals surface area contributed by atoms with E-state index in [1.165, 1.54) is 24.4 Å². The van der Waals surface area contributed by atoms with Crippen LogP contribution in [0.25, 0.3) is 0 Å². The molecule has 118 valence electrons. The lowest BCUT2D eigenvalue weighted by molar-refractivity contribution is -0.120. The van der Waals surface area contributed by atoms with Gasteiger partial charge in [-0.1, -0.05) is 34.1 Å². The summed E-state index contributed by atoms with van der Waals surface area (Å²) in [5.74, 6) is -1.53. The smallest absolute Gasteiger partial charge is 0.259 e. The second-order valence-corrected chi connectivity index (χ2v) is 5.46. The van der Waals surface area contributed by atoms with Crippen molar-refractivity contribution in [1.82, 2.24) is 10.7 Å². The van der Waals surface area contributed by atoms with E-state index < -0.39 is 17.6 Å². The van der Waals surface area contributed by atoms with Crippen LogP contribution in [0.2, 0.25) is 0 Å². The molecule has 0 bridgehead atoms. The van der Waals surface area contributed by atoms with Gasteiger partial charge in [0.25, 0.3) is 11.8 Å². The molecule has 0 atom stereocenters. The molecule has 0 fully saturated rings. The molecule has 0 spiro atoms. The summed E-state index contributed by atoms with van der Waals surface area (Å²) >= 11 is 3.33. The van der Waals surface area contributed by atoms with Gasteiger partial charge in [0.1, 0.15) is 5.82 Å². The first-order valence-corrected chi connectivity index (χ1v) is 7.45. The lowest BCUT2D eigenvalue weighted by Crippen LogP contribution is -2.34. The highest BCUT2D eigenvalue weighted by Gasteiger charge is 2.08. The predicted molar refractivity (Wildman–Crippen MR) is 88.6 cm³/mol. The molecule has 23 heavy (non-hydrogen) atoms. The number of benzene rings is 2. The van der Waals surface area contributed by atoms with Crippen LogP contribution in [-0.4, -0.2) is 24.6 Å². The third kappa shape index (κ3) is 5.63.